The van der Waals surface area contributed by atoms with Crippen molar-refractivity contribution in [3.63, 3.8) is 0 Å². The van der Waals surface area contributed by atoms with Gasteiger partial charge in [0.25, 0.3) is 0 Å². The van der Waals surface area contributed by atoms with Crippen molar-refractivity contribution in [3.8, 4) is 0 Å². The second-order valence-electron chi connectivity index (χ2n) is 3.82. The molecule has 72 valence electrons. The standard InChI is InChI=1S/C10H14O3/c1-10(2)12-8-4-3-7(6-11)5-9(8)13-10/h3-5,8-9,11H,6H2,1-2H3/t8-,9+/m0/s1. The van der Waals surface area contributed by atoms with Crippen LogP contribution in [0.25, 0.3) is 0 Å². The van der Waals surface area contributed by atoms with Gasteiger partial charge in [-0.15, -0.1) is 0 Å². The highest BCUT2D eigenvalue weighted by molar-refractivity contribution is 5.28. The molecule has 1 fully saturated rings. The second kappa shape index (κ2) is 2.94. The third-order valence-corrected chi connectivity index (χ3v) is 2.22. The van der Waals surface area contributed by atoms with E-state index in [-0.39, 0.29) is 18.8 Å². The molecule has 0 unspecified atom stereocenters. The smallest absolute Gasteiger partial charge is 0.164 e. The summed E-state index contributed by atoms with van der Waals surface area (Å²) >= 11 is 0. The Balaban J connectivity index is 2.16. The number of hydrogen-bond donors (Lipinski definition) is 1. The van der Waals surface area contributed by atoms with E-state index in [1.807, 2.05) is 32.1 Å². The second-order valence-corrected chi connectivity index (χ2v) is 3.82. The van der Waals surface area contributed by atoms with E-state index in [0.717, 1.165) is 5.57 Å². The highest BCUT2D eigenvalue weighted by atomic mass is 16.7. The summed E-state index contributed by atoms with van der Waals surface area (Å²) in [4.78, 5) is 0. The number of aliphatic hydroxyl groups is 1. The molecule has 3 heteroatoms. The van der Waals surface area contributed by atoms with E-state index in [1.165, 1.54) is 0 Å². The van der Waals surface area contributed by atoms with E-state index in [9.17, 15) is 0 Å². The summed E-state index contributed by atoms with van der Waals surface area (Å²) in [5, 5.41) is 8.93. The first-order valence-corrected chi connectivity index (χ1v) is 4.46. The summed E-state index contributed by atoms with van der Waals surface area (Å²) in [7, 11) is 0. The number of aliphatic hydroxyl groups excluding tert-OH is 1. The molecule has 2 aliphatic rings. The Bertz CT molecular complexity index is 265. The van der Waals surface area contributed by atoms with Gasteiger partial charge in [-0.05, 0) is 25.5 Å². The number of ether oxygens (including phenoxy) is 2. The average molecular weight is 182 g/mol. The average Bonchev–Trinajstić information content (AvgIpc) is 2.36. The molecule has 0 radical (unpaired) electrons. The molecule has 1 heterocycles. The molecule has 1 aliphatic heterocycles. The van der Waals surface area contributed by atoms with Crippen molar-refractivity contribution >= 4 is 0 Å². The maximum atomic E-state index is 8.93. The van der Waals surface area contributed by atoms with Crippen molar-refractivity contribution in [2.75, 3.05) is 6.61 Å². The van der Waals surface area contributed by atoms with Crippen LogP contribution in [-0.4, -0.2) is 29.7 Å². The fourth-order valence-electron chi connectivity index (χ4n) is 1.69. The molecule has 1 saturated heterocycles. The first-order chi connectivity index (χ1) is 6.11. The summed E-state index contributed by atoms with van der Waals surface area (Å²) in [6.45, 7) is 3.85. The van der Waals surface area contributed by atoms with Crippen molar-refractivity contribution in [1.82, 2.24) is 0 Å². The maximum Gasteiger partial charge on any atom is 0.164 e. The lowest BCUT2D eigenvalue weighted by molar-refractivity contribution is -0.138. The molecule has 1 N–H and O–H groups in total. The molecule has 0 aromatic carbocycles. The third kappa shape index (κ3) is 1.68. The first kappa shape index (κ1) is 8.94. The van der Waals surface area contributed by atoms with E-state index in [4.69, 9.17) is 14.6 Å². The lowest BCUT2D eigenvalue weighted by Crippen LogP contribution is -2.21. The number of rotatable bonds is 1. The summed E-state index contributed by atoms with van der Waals surface area (Å²) < 4.78 is 11.2. The van der Waals surface area contributed by atoms with Crippen molar-refractivity contribution < 1.29 is 14.6 Å². The predicted octanol–water partition coefficient (Wildman–Crippen LogP) is 0.995. The van der Waals surface area contributed by atoms with Crippen LogP contribution in [0.4, 0.5) is 0 Å². The largest absolute Gasteiger partial charge is 0.392 e. The van der Waals surface area contributed by atoms with Gasteiger partial charge >= 0.3 is 0 Å². The summed E-state index contributed by atoms with van der Waals surface area (Å²) in [6, 6.07) is 0. The monoisotopic (exact) mass is 182 g/mol. The molecule has 0 aromatic heterocycles. The van der Waals surface area contributed by atoms with Crippen molar-refractivity contribution in [2.45, 2.75) is 31.8 Å². The Morgan fingerprint density at radius 1 is 1.38 bits per heavy atom. The van der Waals surface area contributed by atoms with Gasteiger partial charge in [0.05, 0.1) is 6.61 Å². The topological polar surface area (TPSA) is 38.7 Å². The Hall–Kier alpha value is -0.640. The zero-order chi connectivity index (χ0) is 9.47. The van der Waals surface area contributed by atoms with Gasteiger partial charge in [0, 0.05) is 0 Å². The Kier molecular flexibility index (Phi) is 2.02. The summed E-state index contributed by atoms with van der Waals surface area (Å²) in [5.74, 6) is -0.513. The minimum Gasteiger partial charge on any atom is -0.392 e. The van der Waals surface area contributed by atoms with Gasteiger partial charge in [-0.25, -0.2) is 0 Å². The molecule has 3 nitrogen and oxygen atoms in total. The van der Waals surface area contributed by atoms with Crippen LogP contribution in [-0.2, 0) is 9.47 Å². The lowest BCUT2D eigenvalue weighted by Gasteiger charge is -2.15. The number of hydrogen-bond acceptors (Lipinski definition) is 3. The fourth-order valence-corrected chi connectivity index (χ4v) is 1.69. The normalized spacial score (nSPS) is 35.8. The molecule has 0 spiro atoms. The Morgan fingerprint density at radius 3 is 2.77 bits per heavy atom. The molecular weight excluding hydrogens is 168 g/mol. The summed E-state index contributed by atoms with van der Waals surface area (Å²) in [5.41, 5.74) is 0.891. The van der Waals surface area contributed by atoms with Gasteiger partial charge in [-0.2, -0.15) is 0 Å². The lowest BCUT2D eigenvalue weighted by atomic mass is 10.0. The Morgan fingerprint density at radius 2 is 2.08 bits per heavy atom. The van der Waals surface area contributed by atoms with Crippen LogP contribution >= 0.6 is 0 Å². The maximum absolute atomic E-state index is 8.93. The molecule has 13 heavy (non-hydrogen) atoms. The van der Waals surface area contributed by atoms with Gasteiger partial charge in [-0.3, -0.25) is 0 Å². The zero-order valence-corrected chi connectivity index (χ0v) is 7.86. The van der Waals surface area contributed by atoms with Gasteiger partial charge < -0.3 is 14.6 Å². The minimum atomic E-state index is -0.513. The highest BCUT2D eigenvalue weighted by Crippen LogP contribution is 2.32. The molecular formula is C10H14O3. The molecule has 2 atom stereocenters. The Labute approximate surface area is 77.7 Å². The third-order valence-electron chi connectivity index (χ3n) is 2.22. The molecule has 0 saturated carbocycles. The van der Waals surface area contributed by atoms with Gasteiger partial charge in [-0.1, -0.05) is 12.2 Å². The SMILES string of the molecule is CC1(C)O[C@H]2C=CC(CO)=C[C@H]2O1. The molecule has 2 rings (SSSR count). The van der Waals surface area contributed by atoms with Crippen LogP contribution in [0, 0.1) is 0 Å². The highest BCUT2D eigenvalue weighted by Gasteiger charge is 2.39. The predicted molar refractivity (Wildman–Crippen MR) is 48.1 cm³/mol. The van der Waals surface area contributed by atoms with Crippen molar-refractivity contribution in [2.24, 2.45) is 0 Å². The van der Waals surface area contributed by atoms with Crippen LogP contribution in [0.2, 0.25) is 0 Å². The zero-order valence-electron chi connectivity index (χ0n) is 7.86. The van der Waals surface area contributed by atoms with Crippen LogP contribution in [0.1, 0.15) is 13.8 Å². The number of fused-ring (bicyclic) bond motifs is 1. The van der Waals surface area contributed by atoms with Gasteiger partial charge in [0.1, 0.15) is 12.2 Å². The van der Waals surface area contributed by atoms with Crippen LogP contribution in [0.15, 0.2) is 23.8 Å². The minimum absolute atomic E-state index is 0.00491. The molecule has 0 amide bonds. The molecule has 0 bridgehead atoms. The van der Waals surface area contributed by atoms with Crippen molar-refractivity contribution in [1.29, 1.82) is 0 Å². The molecule has 1 aliphatic carbocycles. The van der Waals surface area contributed by atoms with Crippen LogP contribution in [0.3, 0.4) is 0 Å². The van der Waals surface area contributed by atoms with Crippen LogP contribution in [0.5, 0.6) is 0 Å². The van der Waals surface area contributed by atoms with E-state index < -0.39 is 5.79 Å². The van der Waals surface area contributed by atoms with E-state index in [1.54, 1.807) is 0 Å². The quantitative estimate of drug-likeness (QED) is 0.657. The van der Waals surface area contributed by atoms with E-state index >= 15 is 0 Å². The van der Waals surface area contributed by atoms with E-state index in [2.05, 4.69) is 0 Å². The van der Waals surface area contributed by atoms with Gasteiger partial charge in [0.2, 0.25) is 0 Å². The van der Waals surface area contributed by atoms with Gasteiger partial charge in [0.15, 0.2) is 5.79 Å². The first-order valence-electron chi connectivity index (χ1n) is 4.46. The molecule has 0 aromatic rings. The summed E-state index contributed by atoms with van der Waals surface area (Å²) in [6.07, 6.45) is 5.70. The van der Waals surface area contributed by atoms with Crippen molar-refractivity contribution in [3.05, 3.63) is 23.8 Å². The van der Waals surface area contributed by atoms with E-state index in [0.29, 0.717) is 0 Å². The fraction of sp³-hybridized carbons (Fsp3) is 0.600. The van der Waals surface area contributed by atoms with Crippen LogP contribution < -0.4 is 0 Å².